The number of amides is 1. The molecule has 1 unspecified atom stereocenters. The molecule has 1 aliphatic heterocycles. The van der Waals surface area contributed by atoms with Crippen molar-refractivity contribution in [1.29, 1.82) is 0 Å². The van der Waals surface area contributed by atoms with Crippen molar-refractivity contribution in [3.05, 3.63) is 11.3 Å². The molecule has 0 bridgehead atoms. The number of unbranched alkanes of at least 4 members (excludes halogenated alkanes) is 8. The zero-order chi connectivity index (χ0) is 18.8. The first-order chi connectivity index (χ1) is 11.9. The van der Waals surface area contributed by atoms with E-state index in [4.69, 9.17) is 0 Å². The van der Waals surface area contributed by atoms with Gasteiger partial charge in [0.2, 0.25) is 0 Å². The fraction of sp³-hybridized carbons (Fsp3) is 0.810. The van der Waals surface area contributed by atoms with Crippen LogP contribution in [0.2, 0.25) is 0 Å². The van der Waals surface area contributed by atoms with Crippen LogP contribution in [0.15, 0.2) is 11.3 Å². The monoisotopic (exact) mass is 351 g/mol. The molecule has 0 aromatic rings. The van der Waals surface area contributed by atoms with Crippen molar-refractivity contribution >= 4 is 11.7 Å². The Morgan fingerprint density at radius 2 is 1.48 bits per heavy atom. The number of Topliss-reactive ketones (excluding diaryl/α,β-unsaturated/α-hetero) is 1. The highest BCUT2D eigenvalue weighted by atomic mass is 16.3. The van der Waals surface area contributed by atoms with Crippen LogP contribution in [0.25, 0.3) is 0 Å². The summed E-state index contributed by atoms with van der Waals surface area (Å²) in [5.74, 6) is 0.217. The molecule has 4 heteroatoms. The Balaban J connectivity index is 2.05. The molecule has 0 saturated carbocycles. The van der Waals surface area contributed by atoms with Crippen molar-refractivity contribution in [2.75, 3.05) is 7.05 Å². The molecule has 4 nitrogen and oxygen atoms in total. The second-order valence-corrected chi connectivity index (χ2v) is 7.89. The maximum Gasteiger partial charge on any atom is 0.261 e. The van der Waals surface area contributed by atoms with E-state index < -0.39 is 0 Å². The molecular formula is C21H37NO3. The fourth-order valence-electron chi connectivity index (χ4n) is 3.32. The number of ketones is 1. The third kappa shape index (κ3) is 7.21. The molecule has 0 aromatic carbocycles. The van der Waals surface area contributed by atoms with Crippen molar-refractivity contribution in [1.82, 2.24) is 4.90 Å². The number of nitrogens with zero attached hydrogens (tertiary/aromatic N) is 1. The van der Waals surface area contributed by atoms with E-state index in [2.05, 4.69) is 13.8 Å². The van der Waals surface area contributed by atoms with Crippen LogP contribution in [0, 0.1) is 5.92 Å². The highest BCUT2D eigenvalue weighted by Gasteiger charge is 2.37. The summed E-state index contributed by atoms with van der Waals surface area (Å²) in [5.41, 5.74) is 0.0106. The highest BCUT2D eigenvalue weighted by Crippen LogP contribution is 2.24. The van der Waals surface area contributed by atoms with Gasteiger partial charge in [-0.05, 0) is 19.3 Å². The maximum absolute atomic E-state index is 12.2. The van der Waals surface area contributed by atoms with Crippen LogP contribution in [0.5, 0.6) is 0 Å². The fourth-order valence-corrected chi connectivity index (χ4v) is 3.32. The number of hydrogen-bond acceptors (Lipinski definition) is 3. The summed E-state index contributed by atoms with van der Waals surface area (Å²) in [5, 5.41) is 9.96. The molecule has 0 aliphatic carbocycles. The molecule has 144 valence electrons. The molecule has 1 rings (SSSR count). The average molecular weight is 352 g/mol. The van der Waals surface area contributed by atoms with Crippen molar-refractivity contribution in [2.24, 2.45) is 5.92 Å². The van der Waals surface area contributed by atoms with Crippen LogP contribution < -0.4 is 0 Å². The Labute approximate surface area is 153 Å². The molecule has 1 amide bonds. The smallest absolute Gasteiger partial charge is 0.261 e. The second-order valence-electron chi connectivity index (χ2n) is 7.89. The van der Waals surface area contributed by atoms with Gasteiger partial charge in [0.05, 0.1) is 6.04 Å². The topological polar surface area (TPSA) is 57.6 Å². The van der Waals surface area contributed by atoms with Crippen LogP contribution in [0.1, 0.15) is 91.4 Å². The Bertz CT molecular complexity index is 468. The van der Waals surface area contributed by atoms with E-state index in [1.165, 1.54) is 49.8 Å². The van der Waals surface area contributed by atoms with Gasteiger partial charge in [0.1, 0.15) is 11.3 Å². The van der Waals surface area contributed by atoms with E-state index in [9.17, 15) is 14.7 Å². The van der Waals surface area contributed by atoms with E-state index in [-0.39, 0.29) is 29.1 Å². The quantitative estimate of drug-likeness (QED) is 0.367. The molecular weight excluding hydrogens is 314 g/mol. The summed E-state index contributed by atoms with van der Waals surface area (Å²) in [7, 11) is 1.62. The van der Waals surface area contributed by atoms with Crippen LogP contribution in [0.4, 0.5) is 0 Å². The van der Waals surface area contributed by atoms with Crippen LogP contribution in [0.3, 0.4) is 0 Å². The lowest BCUT2D eigenvalue weighted by atomic mass is 10.0. The Kier molecular flexibility index (Phi) is 9.84. The van der Waals surface area contributed by atoms with Gasteiger partial charge in [-0.25, -0.2) is 0 Å². The van der Waals surface area contributed by atoms with Gasteiger partial charge >= 0.3 is 0 Å². The lowest BCUT2D eigenvalue weighted by Crippen LogP contribution is -2.30. The molecule has 1 N–H and O–H groups in total. The molecule has 1 aliphatic rings. The molecule has 0 radical (unpaired) electrons. The number of likely N-dealkylation sites (N-methyl/N-ethyl adjacent to an activating group) is 1. The van der Waals surface area contributed by atoms with E-state index in [0.29, 0.717) is 6.42 Å². The van der Waals surface area contributed by atoms with Crippen LogP contribution in [-0.4, -0.2) is 34.8 Å². The highest BCUT2D eigenvalue weighted by molar-refractivity contribution is 6.21. The van der Waals surface area contributed by atoms with Crippen LogP contribution >= 0.6 is 0 Å². The first-order valence-electron chi connectivity index (χ1n) is 10.1. The van der Waals surface area contributed by atoms with E-state index in [0.717, 1.165) is 25.2 Å². The van der Waals surface area contributed by atoms with Crippen molar-refractivity contribution < 1.29 is 14.7 Å². The molecule has 25 heavy (non-hydrogen) atoms. The number of aliphatic hydroxyl groups excluding tert-OH is 1. The minimum atomic E-state index is -0.382. The third-order valence-electron chi connectivity index (χ3n) is 5.23. The summed E-state index contributed by atoms with van der Waals surface area (Å²) >= 11 is 0. The first kappa shape index (κ1) is 21.7. The number of carbonyl (C=O) groups excluding carboxylic acids is 2. The van der Waals surface area contributed by atoms with Crippen LogP contribution in [-0.2, 0) is 9.59 Å². The zero-order valence-corrected chi connectivity index (χ0v) is 16.6. The van der Waals surface area contributed by atoms with Crippen molar-refractivity contribution in [3.63, 3.8) is 0 Å². The van der Waals surface area contributed by atoms with E-state index in [1.807, 2.05) is 0 Å². The van der Waals surface area contributed by atoms with Gasteiger partial charge in [0, 0.05) is 13.5 Å². The van der Waals surface area contributed by atoms with Crippen molar-refractivity contribution in [3.8, 4) is 0 Å². The summed E-state index contributed by atoms with van der Waals surface area (Å²) in [6, 6.07) is -0.382. The summed E-state index contributed by atoms with van der Waals surface area (Å²) < 4.78 is 0. The summed E-state index contributed by atoms with van der Waals surface area (Å²) in [6.07, 6.45) is 12.5. The predicted molar refractivity (Wildman–Crippen MR) is 103 cm³/mol. The SMILES string of the molecule is CC(C)CCCCCCCCCCCC(=O)C1=C(O)C(C)N(C)C1=O. The first-order valence-corrected chi connectivity index (χ1v) is 10.1. The number of carbonyl (C=O) groups is 2. The predicted octanol–water partition coefficient (Wildman–Crippen LogP) is 5.18. The summed E-state index contributed by atoms with van der Waals surface area (Å²) in [4.78, 5) is 25.6. The Hall–Kier alpha value is -1.32. The number of rotatable bonds is 13. The molecule has 0 fully saturated rings. The van der Waals surface area contributed by atoms with Gasteiger partial charge in [0.15, 0.2) is 5.78 Å². The van der Waals surface area contributed by atoms with Gasteiger partial charge in [-0.3, -0.25) is 9.59 Å². The minimum Gasteiger partial charge on any atom is -0.509 e. The molecule has 0 spiro atoms. The summed E-state index contributed by atoms with van der Waals surface area (Å²) in [6.45, 7) is 6.30. The standard InChI is InChI=1S/C21H37NO3/c1-16(2)14-12-10-8-6-5-7-9-11-13-15-18(23)19-20(24)17(3)22(4)21(19)25/h16-17,24H,5-15H2,1-4H3. The lowest BCUT2D eigenvalue weighted by Gasteiger charge is -2.14. The molecule has 0 aromatic heterocycles. The Morgan fingerprint density at radius 3 is 1.92 bits per heavy atom. The van der Waals surface area contributed by atoms with Gasteiger partial charge in [0.25, 0.3) is 5.91 Å². The van der Waals surface area contributed by atoms with Gasteiger partial charge < -0.3 is 10.0 Å². The number of aliphatic hydroxyl groups is 1. The Morgan fingerprint density at radius 1 is 1.00 bits per heavy atom. The third-order valence-corrected chi connectivity index (χ3v) is 5.23. The molecule has 1 atom stereocenters. The van der Waals surface area contributed by atoms with Gasteiger partial charge in [-0.15, -0.1) is 0 Å². The number of hydrogen-bond donors (Lipinski definition) is 1. The minimum absolute atomic E-state index is 0.0106. The second kappa shape index (κ2) is 11.3. The average Bonchev–Trinajstić information content (AvgIpc) is 2.75. The van der Waals surface area contributed by atoms with Gasteiger partial charge in [-0.1, -0.05) is 71.6 Å². The normalized spacial score (nSPS) is 17.9. The zero-order valence-electron chi connectivity index (χ0n) is 16.6. The van der Waals surface area contributed by atoms with Crippen molar-refractivity contribution in [2.45, 2.75) is 97.4 Å². The molecule has 1 heterocycles. The van der Waals surface area contributed by atoms with E-state index >= 15 is 0 Å². The van der Waals surface area contributed by atoms with Gasteiger partial charge in [-0.2, -0.15) is 0 Å². The molecule has 0 saturated heterocycles. The van der Waals surface area contributed by atoms with E-state index in [1.54, 1.807) is 14.0 Å². The largest absolute Gasteiger partial charge is 0.509 e. The lowest BCUT2D eigenvalue weighted by molar-refractivity contribution is -0.128. The maximum atomic E-state index is 12.2.